The molecule has 4 nitrogen and oxygen atoms in total. The number of para-hydroxylation sites is 2. The molecule has 1 aromatic carbocycles. The summed E-state index contributed by atoms with van der Waals surface area (Å²) in [4.78, 5) is 15.0. The van der Waals surface area contributed by atoms with Gasteiger partial charge in [-0.25, -0.2) is 4.79 Å². The number of nitrogens with zero attached hydrogens (tertiary/aromatic N) is 2. The Morgan fingerprint density at radius 1 is 1.12 bits per heavy atom. The van der Waals surface area contributed by atoms with Gasteiger partial charge in [-0.1, -0.05) is 38.8 Å². The van der Waals surface area contributed by atoms with Crippen LogP contribution in [-0.4, -0.2) is 29.1 Å². The van der Waals surface area contributed by atoms with Crippen LogP contribution in [0.1, 0.15) is 58.4 Å². The summed E-state index contributed by atoms with van der Waals surface area (Å²) in [5.41, 5.74) is 1.66. The van der Waals surface area contributed by atoms with Gasteiger partial charge in [-0.2, -0.15) is 0 Å². The lowest BCUT2D eigenvalue weighted by Gasteiger charge is -2.38. The van der Waals surface area contributed by atoms with E-state index < -0.39 is 0 Å². The highest BCUT2D eigenvalue weighted by atomic mass is 16.4. The predicted molar refractivity (Wildman–Crippen MR) is 105 cm³/mol. The topological polar surface area (TPSA) is 38.4 Å². The van der Waals surface area contributed by atoms with Gasteiger partial charge in [0.05, 0.1) is 5.52 Å². The fourth-order valence-electron chi connectivity index (χ4n) is 5.16. The summed E-state index contributed by atoms with van der Waals surface area (Å²) in [5, 5.41) is 0. The van der Waals surface area contributed by atoms with Gasteiger partial charge in [-0.15, -0.1) is 0 Å². The third kappa shape index (κ3) is 3.62. The van der Waals surface area contributed by atoms with E-state index in [0.717, 1.165) is 49.2 Å². The van der Waals surface area contributed by atoms with Crippen molar-refractivity contribution in [2.45, 2.75) is 58.4 Å². The molecule has 1 aliphatic heterocycles. The van der Waals surface area contributed by atoms with Gasteiger partial charge in [-0.05, 0) is 55.6 Å². The Hall–Kier alpha value is -1.55. The third-order valence-corrected chi connectivity index (χ3v) is 6.72. The summed E-state index contributed by atoms with van der Waals surface area (Å²) in [6.45, 7) is 8.20. The van der Waals surface area contributed by atoms with E-state index >= 15 is 0 Å². The average molecular weight is 357 g/mol. The van der Waals surface area contributed by atoms with E-state index in [9.17, 15) is 4.79 Å². The molecule has 1 saturated heterocycles. The Morgan fingerprint density at radius 2 is 1.88 bits per heavy atom. The first kappa shape index (κ1) is 17.8. The van der Waals surface area contributed by atoms with Crippen molar-refractivity contribution in [1.82, 2.24) is 9.47 Å². The zero-order valence-corrected chi connectivity index (χ0v) is 16.2. The zero-order valence-electron chi connectivity index (χ0n) is 16.2. The second kappa shape index (κ2) is 7.59. The molecule has 0 radical (unpaired) electrons. The van der Waals surface area contributed by atoms with Crippen LogP contribution in [0.15, 0.2) is 33.5 Å². The van der Waals surface area contributed by atoms with Gasteiger partial charge < -0.3 is 9.32 Å². The normalized spacial score (nSPS) is 26.0. The molecule has 2 atom stereocenters. The maximum atomic E-state index is 12.3. The minimum Gasteiger partial charge on any atom is -0.408 e. The number of hydrogen-bond donors (Lipinski definition) is 0. The summed E-state index contributed by atoms with van der Waals surface area (Å²) < 4.78 is 7.32. The summed E-state index contributed by atoms with van der Waals surface area (Å²) in [6, 6.07) is 8.07. The van der Waals surface area contributed by atoms with Crippen LogP contribution in [0.5, 0.6) is 0 Å². The Bertz CT molecular complexity index is 783. The lowest BCUT2D eigenvalue weighted by molar-refractivity contribution is 0.123. The molecule has 1 saturated carbocycles. The highest BCUT2D eigenvalue weighted by Gasteiger charge is 2.28. The average Bonchev–Trinajstić information content (AvgIpc) is 2.98. The van der Waals surface area contributed by atoms with Crippen molar-refractivity contribution in [3.63, 3.8) is 0 Å². The van der Waals surface area contributed by atoms with Crippen LogP contribution in [-0.2, 0) is 0 Å². The summed E-state index contributed by atoms with van der Waals surface area (Å²) in [7, 11) is 0. The standard InChI is InChI=1S/C22H32N2O2/c1-16(2)18-7-5-6-17(14-18)15-23-12-10-19(11-13-23)24-20-8-3-4-9-21(20)26-22(24)25/h3-4,8-9,16-19H,5-7,10-15H2,1-2H3. The fraction of sp³-hybridized carbons (Fsp3) is 0.682. The molecule has 2 unspecified atom stereocenters. The molecule has 0 spiro atoms. The van der Waals surface area contributed by atoms with E-state index in [1.165, 1.54) is 32.2 Å². The first-order valence-electron chi connectivity index (χ1n) is 10.4. The lowest BCUT2D eigenvalue weighted by Crippen LogP contribution is -2.40. The smallest absolute Gasteiger partial charge is 0.408 e. The number of fused-ring (bicyclic) bond motifs is 1. The van der Waals surface area contributed by atoms with Crippen molar-refractivity contribution < 1.29 is 4.42 Å². The molecule has 0 bridgehead atoms. The number of likely N-dealkylation sites (tertiary alicyclic amines) is 1. The fourth-order valence-corrected chi connectivity index (χ4v) is 5.16. The Kier molecular flexibility index (Phi) is 5.21. The van der Waals surface area contributed by atoms with E-state index in [1.807, 2.05) is 28.8 Å². The third-order valence-electron chi connectivity index (χ3n) is 6.72. The van der Waals surface area contributed by atoms with Gasteiger partial charge in [0.25, 0.3) is 0 Å². The maximum absolute atomic E-state index is 12.3. The minimum atomic E-state index is -0.197. The molecule has 0 amide bonds. The molecule has 4 heteroatoms. The summed E-state index contributed by atoms with van der Waals surface area (Å²) >= 11 is 0. The van der Waals surface area contributed by atoms with Crippen LogP contribution in [0.2, 0.25) is 0 Å². The van der Waals surface area contributed by atoms with Gasteiger partial charge in [0.2, 0.25) is 0 Å². The molecule has 142 valence electrons. The number of hydrogen-bond acceptors (Lipinski definition) is 3. The minimum absolute atomic E-state index is 0.197. The molecule has 2 aliphatic rings. The quantitative estimate of drug-likeness (QED) is 0.797. The molecule has 2 fully saturated rings. The Balaban J connectivity index is 1.37. The lowest BCUT2D eigenvalue weighted by atomic mass is 9.76. The van der Waals surface area contributed by atoms with Crippen LogP contribution < -0.4 is 5.76 Å². The van der Waals surface area contributed by atoms with Crippen molar-refractivity contribution in [3.05, 3.63) is 34.8 Å². The van der Waals surface area contributed by atoms with Crippen LogP contribution in [0.3, 0.4) is 0 Å². The Labute approximate surface area is 156 Å². The van der Waals surface area contributed by atoms with Crippen LogP contribution >= 0.6 is 0 Å². The molecule has 4 rings (SSSR count). The van der Waals surface area contributed by atoms with Gasteiger partial charge in [0, 0.05) is 25.7 Å². The molecular formula is C22H32N2O2. The van der Waals surface area contributed by atoms with Gasteiger partial charge in [0.15, 0.2) is 5.58 Å². The van der Waals surface area contributed by atoms with Crippen molar-refractivity contribution >= 4 is 11.1 Å². The molecule has 1 aromatic heterocycles. The summed E-state index contributed by atoms with van der Waals surface area (Å²) in [5.74, 6) is 2.41. The molecular weight excluding hydrogens is 324 g/mol. The second-order valence-corrected chi connectivity index (χ2v) is 8.77. The van der Waals surface area contributed by atoms with Gasteiger partial charge >= 0.3 is 5.76 Å². The first-order valence-corrected chi connectivity index (χ1v) is 10.4. The first-order chi connectivity index (χ1) is 12.6. The predicted octanol–water partition coefficient (Wildman–Crippen LogP) is 4.69. The van der Waals surface area contributed by atoms with Crippen molar-refractivity contribution in [3.8, 4) is 0 Å². The summed E-state index contributed by atoms with van der Waals surface area (Å²) in [6.07, 6.45) is 7.72. The van der Waals surface area contributed by atoms with E-state index in [-0.39, 0.29) is 11.8 Å². The number of aromatic nitrogens is 1. The van der Waals surface area contributed by atoms with Gasteiger partial charge in [0.1, 0.15) is 0 Å². The van der Waals surface area contributed by atoms with E-state index in [0.29, 0.717) is 5.58 Å². The highest BCUT2D eigenvalue weighted by molar-refractivity contribution is 5.72. The molecule has 26 heavy (non-hydrogen) atoms. The van der Waals surface area contributed by atoms with Crippen LogP contribution in [0.25, 0.3) is 11.1 Å². The molecule has 0 N–H and O–H groups in total. The van der Waals surface area contributed by atoms with Crippen molar-refractivity contribution in [2.24, 2.45) is 17.8 Å². The van der Waals surface area contributed by atoms with E-state index in [2.05, 4.69) is 18.7 Å². The molecule has 2 heterocycles. The van der Waals surface area contributed by atoms with Crippen molar-refractivity contribution in [1.29, 1.82) is 0 Å². The Morgan fingerprint density at radius 3 is 2.65 bits per heavy atom. The maximum Gasteiger partial charge on any atom is 0.420 e. The van der Waals surface area contributed by atoms with Crippen LogP contribution in [0, 0.1) is 17.8 Å². The van der Waals surface area contributed by atoms with Crippen LogP contribution in [0.4, 0.5) is 0 Å². The number of rotatable bonds is 4. The van der Waals surface area contributed by atoms with E-state index in [1.54, 1.807) is 0 Å². The molecule has 1 aliphatic carbocycles. The molecule has 2 aromatic rings. The largest absolute Gasteiger partial charge is 0.420 e. The van der Waals surface area contributed by atoms with Gasteiger partial charge in [-0.3, -0.25) is 4.57 Å². The monoisotopic (exact) mass is 356 g/mol. The number of piperidine rings is 1. The second-order valence-electron chi connectivity index (χ2n) is 8.77. The SMILES string of the molecule is CC(C)C1CCCC(CN2CCC(n3c(=O)oc4ccccc43)CC2)C1. The number of oxazole rings is 1. The zero-order chi connectivity index (χ0) is 18.1. The number of benzene rings is 1. The highest BCUT2D eigenvalue weighted by Crippen LogP contribution is 2.35. The van der Waals surface area contributed by atoms with E-state index in [4.69, 9.17) is 4.42 Å². The van der Waals surface area contributed by atoms with Crippen molar-refractivity contribution in [2.75, 3.05) is 19.6 Å².